The molecule has 8 nitrogen and oxygen atoms in total. The number of amides is 2. The first-order valence-electron chi connectivity index (χ1n) is 5.83. The van der Waals surface area contributed by atoms with Gasteiger partial charge in [0.15, 0.2) is 9.84 Å². The van der Waals surface area contributed by atoms with Crippen LogP contribution in [0, 0.1) is 0 Å². The molecule has 1 aliphatic heterocycles. The fourth-order valence-electron chi connectivity index (χ4n) is 1.79. The molecule has 2 atom stereocenters. The van der Waals surface area contributed by atoms with Crippen LogP contribution in [-0.4, -0.2) is 62.8 Å². The molecule has 0 aromatic heterocycles. The normalized spacial score (nSPS) is 22.7. The van der Waals surface area contributed by atoms with Gasteiger partial charge >= 0.3 is 12.0 Å². The molecule has 1 saturated heterocycles. The van der Waals surface area contributed by atoms with Gasteiger partial charge < -0.3 is 20.5 Å². The second-order valence-electron chi connectivity index (χ2n) is 4.39. The monoisotopic (exact) mass is 294 g/mol. The summed E-state index contributed by atoms with van der Waals surface area (Å²) in [5.74, 6) is -1.22. The summed E-state index contributed by atoms with van der Waals surface area (Å²) in [6, 6.07) is -2.19. The van der Waals surface area contributed by atoms with Crippen LogP contribution in [-0.2, 0) is 19.4 Å². The van der Waals surface area contributed by atoms with Crippen LogP contribution in [0.25, 0.3) is 0 Å². The fourth-order valence-corrected chi connectivity index (χ4v) is 3.46. The molecule has 0 aromatic carbocycles. The van der Waals surface area contributed by atoms with Gasteiger partial charge in [0.2, 0.25) is 0 Å². The minimum Gasteiger partial charge on any atom is -0.480 e. The van der Waals surface area contributed by atoms with Gasteiger partial charge in [0.1, 0.15) is 6.04 Å². The van der Waals surface area contributed by atoms with Gasteiger partial charge in [0.05, 0.1) is 11.5 Å². The van der Waals surface area contributed by atoms with Gasteiger partial charge in [-0.3, -0.25) is 0 Å². The molecule has 0 aliphatic carbocycles. The van der Waals surface area contributed by atoms with Gasteiger partial charge in [-0.15, -0.1) is 0 Å². The number of carbonyl (C=O) groups excluding carboxylic acids is 1. The van der Waals surface area contributed by atoms with Crippen molar-refractivity contribution in [1.82, 2.24) is 10.6 Å². The van der Waals surface area contributed by atoms with E-state index in [0.717, 1.165) is 0 Å². The van der Waals surface area contributed by atoms with E-state index in [1.54, 1.807) is 0 Å². The predicted molar refractivity (Wildman–Crippen MR) is 66.6 cm³/mol. The number of methoxy groups -OCH3 is 1. The van der Waals surface area contributed by atoms with Crippen molar-refractivity contribution in [2.75, 3.05) is 25.2 Å². The van der Waals surface area contributed by atoms with Crippen LogP contribution in [0.3, 0.4) is 0 Å². The Hall–Kier alpha value is -1.35. The lowest BCUT2D eigenvalue weighted by molar-refractivity contribution is -0.139. The third kappa shape index (κ3) is 5.43. The molecule has 0 bridgehead atoms. The minimum atomic E-state index is -3.08. The molecule has 1 rings (SSSR count). The molecule has 9 heteroatoms. The molecule has 110 valence electrons. The number of ether oxygens (including phenoxy) is 1. The molecule has 0 aromatic rings. The van der Waals surface area contributed by atoms with E-state index in [4.69, 9.17) is 9.84 Å². The molecular weight excluding hydrogens is 276 g/mol. The number of urea groups is 1. The molecular formula is C10H18N2O6S. The van der Waals surface area contributed by atoms with E-state index in [9.17, 15) is 18.0 Å². The Morgan fingerprint density at radius 1 is 1.47 bits per heavy atom. The zero-order chi connectivity index (χ0) is 14.5. The molecule has 0 radical (unpaired) electrons. The highest BCUT2D eigenvalue weighted by molar-refractivity contribution is 7.91. The highest BCUT2D eigenvalue weighted by atomic mass is 32.2. The highest BCUT2D eigenvalue weighted by Crippen LogP contribution is 2.10. The van der Waals surface area contributed by atoms with Crippen molar-refractivity contribution < 1.29 is 27.9 Å². The van der Waals surface area contributed by atoms with Crippen molar-refractivity contribution in [3.8, 4) is 0 Å². The average molecular weight is 294 g/mol. The molecule has 19 heavy (non-hydrogen) atoms. The van der Waals surface area contributed by atoms with Crippen LogP contribution < -0.4 is 10.6 Å². The summed E-state index contributed by atoms with van der Waals surface area (Å²) in [6.45, 7) is 0.203. The Morgan fingerprint density at radius 2 is 2.16 bits per heavy atom. The van der Waals surface area contributed by atoms with Crippen LogP contribution in [0.4, 0.5) is 4.79 Å². The molecule has 0 spiro atoms. The number of aliphatic carboxylic acids is 1. The van der Waals surface area contributed by atoms with Crippen molar-refractivity contribution in [1.29, 1.82) is 0 Å². The molecule has 1 aliphatic rings. The lowest BCUT2D eigenvalue weighted by Gasteiger charge is -2.17. The number of hydrogen-bond donors (Lipinski definition) is 3. The number of carbonyl (C=O) groups is 2. The van der Waals surface area contributed by atoms with E-state index in [1.165, 1.54) is 7.11 Å². The maximum Gasteiger partial charge on any atom is 0.326 e. The fraction of sp³-hybridized carbons (Fsp3) is 0.800. The molecule has 2 amide bonds. The molecule has 3 N–H and O–H groups in total. The van der Waals surface area contributed by atoms with Crippen LogP contribution in [0.15, 0.2) is 0 Å². The average Bonchev–Trinajstić information content (AvgIpc) is 2.63. The summed E-state index contributed by atoms with van der Waals surface area (Å²) >= 11 is 0. The van der Waals surface area contributed by atoms with E-state index in [1.807, 2.05) is 0 Å². The number of hydrogen-bond acceptors (Lipinski definition) is 5. The number of nitrogens with one attached hydrogen (secondary N) is 2. The van der Waals surface area contributed by atoms with E-state index >= 15 is 0 Å². The maximum atomic E-state index is 11.6. The van der Waals surface area contributed by atoms with Crippen LogP contribution in [0.1, 0.15) is 12.8 Å². The van der Waals surface area contributed by atoms with E-state index < -0.39 is 33.9 Å². The highest BCUT2D eigenvalue weighted by Gasteiger charge is 2.29. The molecule has 1 fully saturated rings. The number of carboxylic acid groups (broad SMARTS) is 1. The largest absolute Gasteiger partial charge is 0.480 e. The van der Waals surface area contributed by atoms with Gasteiger partial charge in [-0.25, -0.2) is 18.0 Å². The van der Waals surface area contributed by atoms with Gasteiger partial charge in [-0.2, -0.15) is 0 Å². The quantitative estimate of drug-likeness (QED) is 0.575. The summed E-state index contributed by atoms with van der Waals surface area (Å²) in [7, 11) is -1.65. The van der Waals surface area contributed by atoms with Crippen molar-refractivity contribution >= 4 is 21.8 Å². The van der Waals surface area contributed by atoms with Crippen molar-refractivity contribution in [2.45, 2.75) is 24.9 Å². The standard InChI is InChI=1S/C10H18N2O6S/c1-18-4-2-8(9(13)14)12-10(15)11-7-3-5-19(16,17)6-7/h7-8H,2-6H2,1H3,(H,13,14)(H2,11,12,15). The van der Waals surface area contributed by atoms with E-state index in [-0.39, 0.29) is 24.5 Å². The molecule has 1 heterocycles. The second kappa shape index (κ2) is 6.71. The topological polar surface area (TPSA) is 122 Å². The van der Waals surface area contributed by atoms with E-state index in [2.05, 4.69) is 10.6 Å². The SMILES string of the molecule is COCCC(NC(=O)NC1CCS(=O)(=O)C1)C(=O)O. The third-order valence-electron chi connectivity index (χ3n) is 2.78. The molecule has 2 unspecified atom stereocenters. The Morgan fingerprint density at radius 3 is 2.63 bits per heavy atom. The van der Waals surface area contributed by atoms with Crippen molar-refractivity contribution in [3.63, 3.8) is 0 Å². The van der Waals surface area contributed by atoms with Gasteiger partial charge in [0, 0.05) is 26.2 Å². The summed E-state index contributed by atoms with van der Waals surface area (Å²) in [5, 5.41) is 13.6. The van der Waals surface area contributed by atoms with Gasteiger partial charge in [-0.1, -0.05) is 0 Å². The van der Waals surface area contributed by atoms with Crippen molar-refractivity contribution in [3.05, 3.63) is 0 Å². The summed E-state index contributed by atoms with van der Waals surface area (Å²) in [5.41, 5.74) is 0. The number of sulfone groups is 1. The molecule has 0 saturated carbocycles. The third-order valence-corrected chi connectivity index (χ3v) is 4.55. The Kier molecular flexibility index (Phi) is 5.55. The lowest BCUT2D eigenvalue weighted by Crippen LogP contribution is -2.49. The zero-order valence-corrected chi connectivity index (χ0v) is 11.4. The Labute approximate surface area is 111 Å². The smallest absolute Gasteiger partial charge is 0.326 e. The summed E-state index contributed by atoms with van der Waals surface area (Å²) < 4.78 is 27.2. The number of rotatable bonds is 6. The van der Waals surface area contributed by atoms with E-state index in [0.29, 0.717) is 6.42 Å². The summed E-state index contributed by atoms with van der Waals surface area (Å²) in [6.07, 6.45) is 0.494. The van der Waals surface area contributed by atoms with Crippen LogP contribution in [0.2, 0.25) is 0 Å². The zero-order valence-electron chi connectivity index (χ0n) is 10.6. The number of carboxylic acids is 1. The first kappa shape index (κ1) is 15.7. The first-order valence-corrected chi connectivity index (χ1v) is 7.65. The Bertz CT molecular complexity index is 435. The van der Waals surface area contributed by atoms with Crippen molar-refractivity contribution in [2.24, 2.45) is 0 Å². The van der Waals surface area contributed by atoms with Gasteiger partial charge in [0.25, 0.3) is 0 Å². The summed E-state index contributed by atoms with van der Waals surface area (Å²) in [4.78, 5) is 22.5. The maximum absolute atomic E-state index is 11.6. The second-order valence-corrected chi connectivity index (χ2v) is 6.62. The minimum absolute atomic E-state index is 0.0456. The van der Waals surface area contributed by atoms with Crippen LogP contribution in [0.5, 0.6) is 0 Å². The van der Waals surface area contributed by atoms with Crippen LogP contribution >= 0.6 is 0 Å². The predicted octanol–water partition coefficient (Wildman–Crippen LogP) is -1.04. The lowest BCUT2D eigenvalue weighted by atomic mass is 10.2. The van der Waals surface area contributed by atoms with Gasteiger partial charge in [-0.05, 0) is 6.42 Å². The first-order chi connectivity index (χ1) is 8.84. The Balaban J connectivity index is 2.42.